The number of hydrogen-bond donors (Lipinski definition) is 8. The molecule has 0 radical (unpaired) electrons. The molecule has 96 valence electrons. The third-order valence-corrected chi connectivity index (χ3v) is 2.34. The third-order valence-electron chi connectivity index (χ3n) is 2.34. The molecule has 1 aliphatic rings. The summed E-state index contributed by atoms with van der Waals surface area (Å²) < 4.78 is 0. The Hall–Kier alpha value is -0.320. The highest BCUT2D eigenvalue weighted by Gasteiger charge is 1.92. The van der Waals surface area contributed by atoms with Gasteiger partial charge in [0.15, 0.2) is 0 Å². The molecule has 1 aliphatic heterocycles. The van der Waals surface area contributed by atoms with Gasteiger partial charge in [0.2, 0.25) is 0 Å². The number of rotatable bonds is 0. The van der Waals surface area contributed by atoms with Crippen LogP contribution in [0.2, 0.25) is 0 Å². The zero-order chi connectivity index (χ0) is 11.3. The van der Waals surface area contributed by atoms with Gasteiger partial charge in [0.1, 0.15) is 0 Å². The standard InChI is InChI=1S/C8H24N8/c1-2-4-6-8-10-12-14-16-15-13-11-9-7-5-3-1/h9-16H,1-8H2. The van der Waals surface area contributed by atoms with Crippen LogP contribution >= 0.6 is 0 Å². The fraction of sp³-hybridized carbons (Fsp3) is 1.00. The lowest BCUT2D eigenvalue weighted by Gasteiger charge is -2.13. The first-order valence-electron chi connectivity index (χ1n) is 5.96. The molecule has 1 fully saturated rings. The van der Waals surface area contributed by atoms with Crippen LogP contribution in [0.15, 0.2) is 0 Å². The molecule has 16 heavy (non-hydrogen) atoms. The molecule has 1 rings (SSSR count). The third kappa shape index (κ3) is 8.95. The van der Waals surface area contributed by atoms with E-state index in [-0.39, 0.29) is 0 Å². The van der Waals surface area contributed by atoms with E-state index in [9.17, 15) is 0 Å². The zero-order valence-electron chi connectivity index (χ0n) is 9.66. The van der Waals surface area contributed by atoms with Gasteiger partial charge in [-0.3, -0.25) is 0 Å². The normalized spacial score (nSPS) is 24.0. The molecule has 1 heterocycles. The van der Waals surface area contributed by atoms with Crippen molar-refractivity contribution in [2.45, 2.75) is 38.5 Å². The summed E-state index contributed by atoms with van der Waals surface area (Å²) in [4.78, 5) is 0. The van der Waals surface area contributed by atoms with Crippen molar-refractivity contribution in [3.63, 3.8) is 0 Å². The molecule has 0 aliphatic carbocycles. The van der Waals surface area contributed by atoms with Crippen LogP contribution in [0.1, 0.15) is 38.5 Å². The quantitative estimate of drug-likeness (QED) is 0.255. The van der Waals surface area contributed by atoms with Crippen LogP contribution in [0.3, 0.4) is 0 Å². The SMILES string of the molecule is C1CCCCNNNNNNNNCCC1. The summed E-state index contributed by atoms with van der Waals surface area (Å²) in [5.41, 5.74) is 22.5. The first-order valence-corrected chi connectivity index (χ1v) is 5.96. The Bertz CT molecular complexity index is 80.0. The van der Waals surface area contributed by atoms with E-state index in [1.54, 1.807) is 0 Å². The Morgan fingerprint density at radius 1 is 0.375 bits per heavy atom. The molecule has 0 aromatic rings. The topological polar surface area (TPSA) is 96.2 Å². The monoisotopic (exact) mass is 232 g/mol. The van der Waals surface area contributed by atoms with Crippen molar-refractivity contribution < 1.29 is 0 Å². The Kier molecular flexibility index (Phi) is 9.60. The van der Waals surface area contributed by atoms with E-state index in [0.29, 0.717) is 0 Å². The second-order valence-electron chi connectivity index (χ2n) is 3.72. The van der Waals surface area contributed by atoms with Gasteiger partial charge in [0.05, 0.1) is 0 Å². The molecule has 0 bridgehead atoms. The lowest BCUT2D eigenvalue weighted by molar-refractivity contribution is 0.253. The highest BCUT2D eigenvalue weighted by molar-refractivity contribution is 4.48. The molecule has 8 nitrogen and oxygen atoms in total. The molecule has 0 amide bonds. The van der Waals surface area contributed by atoms with Crippen LogP contribution in [0, 0.1) is 0 Å². The maximum Gasteiger partial charge on any atom is 0.0113 e. The summed E-state index contributed by atoms with van der Waals surface area (Å²) in [6.07, 6.45) is 7.60. The van der Waals surface area contributed by atoms with Crippen LogP contribution < -0.4 is 44.1 Å². The van der Waals surface area contributed by atoms with Crippen molar-refractivity contribution in [2.24, 2.45) is 0 Å². The molecular formula is C8H24N8. The molecule has 0 spiro atoms. The second-order valence-corrected chi connectivity index (χ2v) is 3.72. The van der Waals surface area contributed by atoms with Crippen molar-refractivity contribution in [3.8, 4) is 0 Å². The van der Waals surface area contributed by atoms with Crippen molar-refractivity contribution in [1.82, 2.24) is 44.1 Å². The van der Waals surface area contributed by atoms with Crippen molar-refractivity contribution in [2.75, 3.05) is 13.1 Å². The number of hydrogen-bond acceptors (Lipinski definition) is 8. The molecular weight excluding hydrogens is 208 g/mol. The lowest BCUT2D eigenvalue weighted by Crippen LogP contribution is -2.63. The minimum absolute atomic E-state index is 0.960. The Labute approximate surface area is 96.5 Å². The van der Waals surface area contributed by atoms with Gasteiger partial charge in [0.25, 0.3) is 0 Å². The van der Waals surface area contributed by atoms with Gasteiger partial charge in [-0.25, -0.2) is 10.9 Å². The zero-order valence-corrected chi connectivity index (χ0v) is 9.66. The number of hydrazine groups is 7. The summed E-state index contributed by atoms with van der Waals surface area (Å²) in [6, 6.07) is 0. The Balaban J connectivity index is 2.00. The van der Waals surface area contributed by atoms with Crippen LogP contribution in [-0.4, -0.2) is 13.1 Å². The van der Waals surface area contributed by atoms with Gasteiger partial charge >= 0.3 is 0 Å². The molecule has 8 heteroatoms. The van der Waals surface area contributed by atoms with E-state index < -0.39 is 0 Å². The largest absolute Gasteiger partial charge is 0.243 e. The van der Waals surface area contributed by atoms with E-state index in [0.717, 1.165) is 13.1 Å². The molecule has 8 N–H and O–H groups in total. The van der Waals surface area contributed by atoms with Crippen molar-refractivity contribution >= 4 is 0 Å². The first kappa shape index (κ1) is 13.7. The van der Waals surface area contributed by atoms with E-state index in [1.807, 2.05) is 0 Å². The van der Waals surface area contributed by atoms with Crippen LogP contribution in [0.25, 0.3) is 0 Å². The van der Waals surface area contributed by atoms with Crippen molar-refractivity contribution in [3.05, 3.63) is 0 Å². The van der Waals surface area contributed by atoms with Gasteiger partial charge in [-0.15, -0.1) is 0 Å². The molecule has 1 saturated heterocycles. The van der Waals surface area contributed by atoms with Crippen LogP contribution in [0.5, 0.6) is 0 Å². The van der Waals surface area contributed by atoms with Crippen LogP contribution in [0.4, 0.5) is 0 Å². The van der Waals surface area contributed by atoms with E-state index in [2.05, 4.69) is 44.1 Å². The Morgan fingerprint density at radius 3 is 1.25 bits per heavy atom. The van der Waals surface area contributed by atoms with Gasteiger partial charge in [-0.2, -0.15) is 33.2 Å². The lowest BCUT2D eigenvalue weighted by atomic mass is 10.1. The first-order chi connectivity index (χ1) is 8.00. The molecule has 0 aromatic heterocycles. The molecule has 0 aromatic carbocycles. The van der Waals surface area contributed by atoms with Gasteiger partial charge in [-0.05, 0) is 12.8 Å². The predicted molar refractivity (Wildman–Crippen MR) is 62.5 cm³/mol. The summed E-state index contributed by atoms with van der Waals surface area (Å²) >= 11 is 0. The summed E-state index contributed by atoms with van der Waals surface area (Å²) in [7, 11) is 0. The fourth-order valence-electron chi connectivity index (χ4n) is 1.47. The van der Waals surface area contributed by atoms with Gasteiger partial charge < -0.3 is 0 Å². The van der Waals surface area contributed by atoms with Gasteiger partial charge in [0, 0.05) is 13.1 Å². The molecule has 0 unspecified atom stereocenters. The average molecular weight is 232 g/mol. The Morgan fingerprint density at radius 2 is 0.750 bits per heavy atom. The summed E-state index contributed by atoms with van der Waals surface area (Å²) in [5.74, 6) is 0. The molecule has 0 saturated carbocycles. The van der Waals surface area contributed by atoms with E-state index in [4.69, 9.17) is 0 Å². The minimum atomic E-state index is 0.960. The van der Waals surface area contributed by atoms with Crippen LogP contribution in [-0.2, 0) is 0 Å². The maximum atomic E-state index is 3.04. The maximum absolute atomic E-state index is 3.04. The fourth-order valence-corrected chi connectivity index (χ4v) is 1.47. The summed E-state index contributed by atoms with van der Waals surface area (Å²) in [5, 5.41) is 0. The highest BCUT2D eigenvalue weighted by Crippen LogP contribution is 2.03. The van der Waals surface area contributed by atoms with E-state index >= 15 is 0 Å². The second kappa shape index (κ2) is 11.2. The predicted octanol–water partition coefficient (Wildman–Crippen LogP) is -1.54. The molecule has 0 atom stereocenters. The van der Waals surface area contributed by atoms with Crippen molar-refractivity contribution in [1.29, 1.82) is 0 Å². The minimum Gasteiger partial charge on any atom is -0.243 e. The highest BCUT2D eigenvalue weighted by atomic mass is 15.9. The average Bonchev–Trinajstić information content (AvgIpc) is 2.29. The summed E-state index contributed by atoms with van der Waals surface area (Å²) in [6.45, 7) is 1.92. The van der Waals surface area contributed by atoms with Gasteiger partial charge in [-0.1, -0.05) is 25.7 Å². The number of nitrogens with one attached hydrogen (secondary N) is 8. The van der Waals surface area contributed by atoms with E-state index in [1.165, 1.54) is 38.5 Å². The smallest absolute Gasteiger partial charge is 0.0113 e.